The second kappa shape index (κ2) is 7.21. The number of benzene rings is 1. The van der Waals surface area contributed by atoms with Gasteiger partial charge in [-0.25, -0.2) is 4.98 Å². The normalized spacial score (nSPS) is 11.2. The molecule has 0 unspecified atom stereocenters. The maximum absolute atomic E-state index is 12.5. The van der Waals surface area contributed by atoms with Gasteiger partial charge in [-0.05, 0) is 37.6 Å². The van der Waals surface area contributed by atoms with E-state index in [2.05, 4.69) is 25.6 Å². The Kier molecular flexibility index (Phi) is 5.02. The number of hydrogen-bond donors (Lipinski definition) is 2. The van der Waals surface area contributed by atoms with Gasteiger partial charge in [-0.3, -0.25) is 4.98 Å². The largest absolute Gasteiger partial charge is 0.338 e. The van der Waals surface area contributed by atoms with Crippen LogP contribution < -0.4 is 15.9 Å². The van der Waals surface area contributed by atoms with Crippen molar-refractivity contribution in [1.82, 2.24) is 15.0 Å². The standard InChI is InChI=1S/C17H17ClN5OP/c1-25(2,24)15-6-4-3-5-14(15)22-16-13(18)11-20-17(23-16)21-12-7-9-19-10-8-12/h3-11H,1-2H3,(H2,19,20,21,22,23). The van der Waals surface area contributed by atoms with Gasteiger partial charge < -0.3 is 15.2 Å². The highest BCUT2D eigenvalue weighted by Crippen LogP contribution is 2.38. The first-order valence-corrected chi connectivity index (χ1v) is 10.5. The Morgan fingerprint density at radius 1 is 1.04 bits per heavy atom. The lowest BCUT2D eigenvalue weighted by atomic mass is 10.3. The smallest absolute Gasteiger partial charge is 0.229 e. The second-order valence-corrected chi connectivity index (χ2v) is 9.33. The van der Waals surface area contributed by atoms with E-state index in [1.165, 1.54) is 6.20 Å². The summed E-state index contributed by atoms with van der Waals surface area (Å²) in [6.07, 6.45) is 4.86. The molecule has 3 rings (SSSR count). The summed E-state index contributed by atoms with van der Waals surface area (Å²) in [4.78, 5) is 12.6. The number of nitrogens with zero attached hydrogens (tertiary/aromatic N) is 3. The summed E-state index contributed by atoms with van der Waals surface area (Å²) in [5, 5.41) is 7.37. The monoisotopic (exact) mass is 373 g/mol. The van der Waals surface area contributed by atoms with Crippen LogP contribution in [-0.2, 0) is 4.57 Å². The predicted molar refractivity (Wildman–Crippen MR) is 103 cm³/mol. The predicted octanol–water partition coefficient (Wildman–Crippen LogP) is 4.26. The van der Waals surface area contributed by atoms with E-state index in [-0.39, 0.29) is 0 Å². The van der Waals surface area contributed by atoms with Gasteiger partial charge in [-0.1, -0.05) is 23.7 Å². The lowest BCUT2D eigenvalue weighted by molar-refractivity contribution is 0.588. The lowest BCUT2D eigenvalue weighted by Crippen LogP contribution is -2.10. The maximum atomic E-state index is 12.5. The fourth-order valence-electron chi connectivity index (χ4n) is 2.26. The first-order chi connectivity index (χ1) is 11.9. The molecule has 1 aromatic carbocycles. The summed E-state index contributed by atoms with van der Waals surface area (Å²) in [5.74, 6) is 0.834. The van der Waals surface area contributed by atoms with E-state index in [9.17, 15) is 4.57 Å². The van der Waals surface area contributed by atoms with Crippen molar-refractivity contribution in [3.63, 3.8) is 0 Å². The van der Waals surface area contributed by atoms with Gasteiger partial charge in [0, 0.05) is 23.4 Å². The Labute approximate surface area is 151 Å². The third kappa shape index (κ3) is 4.35. The molecule has 0 aliphatic heterocycles. The number of aromatic nitrogens is 3. The fraction of sp³-hybridized carbons (Fsp3) is 0.118. The number of hydrogen-bond acceptors (Lipinski definition) is 6. The van der Waals surface area contributed by atoms with Crippen LogP contribution in [0.15, 0.2) is 55.0 Å². The first kappa shape index (κ1) is 17.4. The topological polar surface area (TPSA) is 79.8 Å². The number of para-hydroxylation sites is 1. The molecule has 3 aromatic rings. The number of anilines is 4. The molecule has 0 fully saturated rings. The van der Waals surface area contributed by atoms with Crippen LogP contribution in [0.2, 0.25) is 5.02 Å². The van der Waals surface area contributed by atoms with Gasteiger partial charge in [0.1, 0.15) is 12.2 Å². The van der Waals surface area contributed by atoms with Gasteiger partial charge in [-0.15, -0.1) is 0 Å². The van der Waals surface area contributed by atoms with E-state index >= 15 is 0 Å². The van der Waals surface area contributed by atoms with Gasteiger partial charge in [0.05, 0.1) is 11.9 Å². The number of halogens is 1. The minimum Gasteiger partial charge on any atom is -0.338 e. The van der Waals surface area contributed by atoms with Crippen LogP contribution >= 0.6 is 18.7 Å². The highest BCUT2D eigenvalue weighted by Gasteiger charge is 2.17. The highest BCUT2D eigenvalue weighted by molar-refractivity contribution is 7.70. The average molecular weight is 374 g/mol. The average Bonchev–Trinajstić information content (AvgIpc) is 2.58. The van der Waals surface area contributed by atoms with E-state index < -0.39 is 7.14 Å². The SMILES string of the molecule is CP(C)(=O)c1ccccc1Nc1nc(Nc2ccncc2)ncc1Cl. The first-order valence-electron chi connectivity index (χ1n) is 7.55. The van der Waals surface area contributed by atoms with Gasteiger partial charge >= 0.3 is 0 Å². The summed E-state index contributed by atoms with van der Waals surface area (Å²) in [6, 6.07) is 11.0. The van der Waals surface area contributed by atoms with Crippen molar-refractivity contribution in [2.75, 3.05) is 24.0 Å². The van der Waals surface area contributed by atoms with Crippen molar-refractivity contribution in [2.45, 2.75) is 0 Å². The Bertz CT molecular complexity index is 929. The molecule has 2 N–H and O–H groups in total. The van der Waals surface area contributed by atoms with E-state index in [0.717, 1.165) is 11.0 Å². The van der Waals surface area contributed by atoms with Crippen LogP contribution in [0.3, 0.4) is 0 Å². The molecule has 0 saturated carbocycles. The Balaban J connectivity index is 1.91. The van der Waals surface area contributed by atoms with Crippen LogP contribution in [0.25, 0.3) is 0 Å². The molecule has 6 nitrogen and oxygen atoms in total. The third-order valence-corrected chi connectivity index (χ3v) is 5.24. The molecule has 0 amide bonds. The zero-order valence-electron chi connectivity index (χ0n) is 13.8. The van der Waals surface area contributed by atoms with Crippen molar-refractivity contribution in [3.05, 3.63) is 60.0 Å². The summed E-state index contributed by atoms with van der Waals surface area (Å²) in [6.45, 7) is 3.46. The minimum atomic E-state index is -2.45. The Hall–Kier alpha value is -2.43. The zero-order valence-corrected chi connectivity index (χ0v) is 15.4. The molecule has 128 valence electrons. The molecule has 0 aliphatic rings. The van der Waals surface area contributed by atoms with E-state index in [4.69, 9.17) is 11.6 Å². The van der Waals surface area contributed by atoms with Gasteiger partial charge in [-0.2, -0.15) is 4.98 Å². The van der Waals surface area contributed by atoms with Gasteiger partial charge in [0.15, 0.2) is 5.82 Å². The number of rotatable bonds is 5. The van der Waals surface area contributed by atoms with Crippen molar-refractivity contribution >= 4 is 47.2 Å². The molecule has 2 aromatic heterocycles. The van der Waals surface area contributed by atoms with Crippen molar-refractivity contribution in [1.29, 1.82) is 0 Å². The Morgan fingerprint density at radius 2 is 1.76 bits per heavy atom. The maximum Gasteiger partial charge on any atom is 0.229 e. The Morgan fingerprint density at radius 3 is 2.48 bits per heavy atom. The quantitative estimate of drug-likeness (QED) is 0.650. The third-order valence-electron chi connectivity index (χ3n) is 3.42. The summed E-state index contributed by atoms with van der Waals surface area (Å²) < 4.78 is 12.5. The van der Waals surface area contributed by atoms with Crippen LogP contribution in [-0.4, -0.2) is 28.3 Å². The number of pyridine rings is 1. The van der Waals surface area contributed by atoms with Crippen LogP contribution in [0.4, 0.5) is 23.1 Å². The van der Waals surface area contributed by atoms with Crippen molar-refractivity contribution in [2.24, 2.45) is 0 Å². The molecule has 0 atom stereocenters. The van der Waals surface area contributed by atoms with Gasteiger partial charge in [0.25, 0.3) is 0 Å². The highest BCUT2D eigenvalue weighted by atomic mass is 35.5. The summed E-state index contributed by atoms with van der Waals surface area (Å²) >= 11 is 6.22. The molecule has 0 spiro atoms. The molecule has 25 heavy (non-hydrogen) atoms. The van der Waals surface area contributed by atoms with E-state index in [1.807, 2.05) is 36.4 Å². The van der Waals surface area contributed by atoms with E-state index in [1.54, 1.807) is 25.7 Å². The fourth-order valence-corrected chi connectivity index (χ4v) is 3.55. The summed E-state index contributed by atoms with van der Waals surface area (Å²) in [5.41, 5.74) is 1.53. The van der Waals surface area contributed by atoms with Crippen LogP contribution in [0.5, 0.6) is 0 Å². The molecular weight excluding hydrogens is 357 g/mol. The second-order valence-electron chi connectivity index (χ2n) is 5.74. The molecule has 0 bridgehead atoms. The van der Waals surface area contributed by atoms with Crippen LogP contribution in [0, 0.1) is 0 Å². The number of nitrogens with one attached hydrogen (secondary N) is 2. The van der Waals surface area contributed by atoms with E-state index in [0.29, 0.717) is 22.5 Å². The molecule has 8 heteroatoms. The lowest BCUT2D eigenvalue weighted by Gasteiger charge is -2.15. The molecular formula is C17H17ClN5OP. The molecule has 2 heterocycles. The molecule has 0 radical (unpaired) electrons. The van der Waals surface area contributed by atoms with Crippen molar-refractivity contribution in [3.8, 4) is 0 Å². The minimum absolute atomic E-state index is 0.372. The molecule has 0 aliphatic carbocycles. The van der Waals surface area contributed by atoms with Gasteiger partial charge in [0.2, 0.25) is 5.95 Å². The summed E-state index contributed by atoms with van der Waals surface area (Å²) in [7, 11) is -2.45. The van der Waals surface area contributed by atoms with Crippen molar-refractivity contribution < 1.29 is 4.57 Å². The molecule has 0 saturated heterocycles. The van der Waals surface area contributed by atoms with Crippen LogP contribution in [0.1, 0.15) is 0 Å². The zero-order chi connectivity index (χ0) is 17.9.